The van der Waals surface area contributed by atoms with Gasteiger partial charge in [-0.2, -0.15) is 0 Å². The van der Waals surface area contributed by atoms with Crippen LogP contribution < -0.4 is 0 Å². The average molecular weight is 1590 g/mol. The zero-order valence-corrected chi connectivity index (χ0v) is 69.7. The van der Waals surface area contributed by atoms with E-state index in [1.807, 2.05) is 48.6 Å². The SMILES string of the molecule is CC/C=C\C/C=C\C/C=C\C/C=C\C/C=C\C/C=C\CCC(=O)OCC(COP(=O)(O)OCC(O)COP(=O)(O)OCC(COC(=O)CC/C=C\C/C=C\C/C=C\C/C=C\C/C=C\C/C=C\CC)OC(=O)CCCCC/C=C\C/C=C\C/C=C\C/C=C\C/C=C\CC)OC(=O)C/C=C\C/C=C\C/C=C\C/C=C\C/C=C\CC. The van der Waals surface area contributed by atoms with Gasteiger partial charge in [-0.25, -0.2) is 9.13 Å². The molecule has 0 aliphatic heterocycles. The van der Waals surface area contributed by atoms with Gasteiger partial charge in [0, 0.05) is 19.3 Å². The molecule has 17 nitrogen and oxygen atoms in total. The molecule has 5 unspecified atom stereocenters. The van der Waals surface area contributed by atoms with Gasteiger partial charge in [-0.3, -0.25) is 37.3 Å². The summed E-state index contributed by atoms with van der Waals surface area (Å²) < 4.78 is 68.3. The van der Waals surface area contributed by atoms with Crippen molar-refractivity contribution in [1.82, 2.24) is 0 Å². The van der Waals surface area contributed by atoms with E-state index in [2.05, 4.69) is 234 Å². The summed E-state index contributed by atoms with van der Waals surface area (Å²) in [6.45, 7) is 4.02. The fourth-order valence-corrected chi connectivity index (χ4v) is 10.8. The highest BCUT2D eigenvalue weighted by Gasteiger charge is 2.30. The highest BCUT2D eigenvalue weighted by atomic mass is 31.2. The standard InChI is InChI=1S/C93H138O17P2/c1-5-9-13-17-21-25-29-33-37-40-43-46-50-53-57-61-65-69-73-77-90(95)103-83-88(109-92(97)79-75-71-67-63-59-55-49-36-32-28-24-20-16-12-8-4)85-107-111(99,100)105-81-87(94)82-106-112(101,102)108-86-89(110-93(98)80-76-72-68-64-60-56-52-48-45-42-39-35-31-27-23-19-15-11-7-3)84-104-91(96)78-74-70-66-62-58-54-51-47-44-41-38-34-30-26-22-18-14-10-6-2/h9-16,21-28,33-39,43-49,53-54,56-60,63,65-66,69-71,75,87-89,94H,5-8,17-20,29-32,40-42,50-52,55,61-62,64,67-68,72-74,76-86H2,1-4H3,(H,99,100)(H,101,102)/b13-9-,14-10-,15-11-,16-12-,25-21-,26-22-,27-23-,28-24-,37-33-,38-34-,39-35-,46-43-,47-44-,48-45-,49-36-,57-53-,58-54-,60-56-,63-59-,69-65-,70-66-,75-71-. The van der Waals surface area contributed by atoms with Crippen molar-refractivity contribution in [2.75, 3.05) is 39.6 Å². The summed E-state index contributed by atoms with van der Waals surface area (Å²) in [4.78, 5) is 73.0. The fourth-order valence-electron chi connectivity index (χ4n) is 9.25. The molecule has 0 saturated carbocycles. The predicted octanol–water partition coefficient (Wildman–Crippen LogP) is 24.3. The fraction of sp³-hybridized carbons (Fsp3) is 0.484. The van der Waals surface area contributed by atoms with Crippen LogP contribution in [-0.4, -0.2) is 96.7 Å². The van der Waals surface area contributed by atoms with Crippen LogP contribution in [0.1, 0.15) is 233 Å². The third kappa shape index (κ3) is 80.4. The van der Waals surface area contributed by atoms with E-state index in [-0.39, 0.29) is 25.7 Å². The molecule has 0 heterocycles. The van der Waals surface area contributed by atoms with E-state index in [4.69, 9.17) is 37.0 Å². The summed E-state index contributed by atoms with van der Waals surface area (Å²) in [6.07, 6.45) is 110. The second-order valence-electron chi connectivity index (χ2n) is 25.5. The maximum Gasteiger partial charge on any atom is 0.472 e. The molecule has 0 fully saturated rings. The van der Waals surface area contributed by atoms with Gasteiger partial charge in [0.15, 0.2) is 12.2 Å². The number of carbonyl (C=O) groups excluding carboxylic acids is 4. The van der Waals surface area contributed by atoms with Gasteiger partial charge >= 0.3 is 39.5 Å². The molecule has 19 heteroatoms. The van der Waals surface area contributed by atoms with Crippen molar-refractivity contribution in [2.24, 2.45) is 0 Å². The lowest BCUT2D eigenvalue weighted by Gasteiger charge is -2.21. The largest absolute Gasteiger partial charge is 0.472 e. The molecule has 622 valence electrons. The maximum atomic E-state index is 13.1. The van der Waals surface area contributed by atoms with Crippen molar-refractivity contribution < 1.29 is 80.2 Å². The van der Waals surface area contributed by atoms with Crippen molar-refractivity contribution in [2.45, 2.75) is 251 Å². The minimum atomic E-state index is -5.05. The molecule has 3 N–H and O–H groups in total. The molecule has 0 aromatic heterocycles. The Kier molecular flexibility index (Phi) is 75.8. The smallest absolute Gasteiger partial charge is 0.462 e. The molecule has 5 atom stereocenters. The van der Waals surface area contributed by atoms with Crippen molar-refractivity contribution in [3.05, 3.63) is 267 Å². The van der Waals surface area contributed by atoms with Gasteiger partial charge in [0.1, 0.15) is 19.3 Å². The van der Waals surface area contributed by atoms with Crippen LogP contribution in [0, 0.1) is 0 Å². The van der Waals surface area contributed by atoms with Crippen LogP contribution in [-0.2, 0) is 65.4 Å². The molecule has 0 bridgehead atoms. The lowest BCUT2D eigenvalue weighted by atomic mass is 10.1. The summed E-state index contributed by atoms with van der Waals surface area (Å²) in [7, 11) is -10.1. The first-order chi connectivity index (χ1) is 54.7. The lowest BCUT2D eigenvalue weighted by molar-refractivity contribution is -0.161. The van der Waals surface area contributed by atoms with E-state index in [0.29, 0.717) is 38.5 Å². The molecular formula is C93H138O17P2. The quantitative estimate of drug-likeness (QED) is 0.0169. The molecule has 0 saturated heterocycles. The van der Waals surface area contributed by atoms with Crippen LogP contribution in [0.5, 0.6) is 0 Å². The van der Waals surface area contributed by atoms with Crippen LogP contribution in [0.4, 0.5) is 0 Å². The predicted molar refractivity (Wildman–Crippen MR) is 463 cm³/mol. The molecule has 0 spiro atoms. The Hall–Kier alpha value is -7.66. The Bertz CT molecular complexity index is 3190. The van der Waals surface area contributed by atoms with Crippen LogP contribution in [0.25, 0.3) is 0 Å². The van der Waals surface area contributed by atoms with E-state index in [1.165, 1.54) is 0 Å². The number of carbonyl (C=O) groups is 4. The third-order valence-corrected chi connectivity index (χ3v) is 17.1. The number of phosphoric acid groups is 2. The van der Waals surface area contributed by atoms with Crippen LogP contribution in [0.3, 0.4) is 0 Å². The molecular weight excluding hydrogens is 1450 g/mol. The van der Waals surface area contributed by atoms with Crippen molar-refractivity contribution in [3.63, 3.8) is 0 Å². The van der Waals surface area contributed by atoms with Gasteiger partial charge in [0.2, 0.25) is 0 Å². The maximum absolute atomic E-state index is 13.1. The van der Waals surface area contributed by atoms with Crippen LogP contribution in [0.2, 0.25) is 0 Å². The van der Waals surface area contributed by atoms with E-state index in [1.54, 1.807) is 12.2 Å². The topological polar surface area (TPSA) is 237 Å². The summed E-state index contributed by atoms with van der Waals surface area (Å²) in [5.41, 5.74) is 0. The van der Waals surface area contributed by atoms with Gasteiger partial charge in [-0.05, 0) is 173 Å². The monoisotopic (exact) mass is 1590 g/mol. The molecule has 0 aliphatic rings. The van der Waals surface area contributed by atoms with Crippen molar-refractivity contribution in [1.29, 1.82) is 0 Å². The second-order valence-corrected chi connectivity index (χ2v) is 28.4. The first-order valence-corrected chi connectivity index (χ1v) is 43.6. The number of phosphoric ester groups is 2. The van der Waals surface area contributed by atoms with Crippen LogP contribution in [0.15, 0.2) is 267 Å². The first kappa shape index (κ1) is 104. The van der Waals surface area contributed by atoms with Gasteiger partial charge in [-0.15, -0.1) is 0 Å². The Labute approximate surface area is 674 Å². The number of hydrogen-bond acceptors (Lipinski definition) is 15. The summed E-state index contributed by atoms with van der Waals surface area (Å²) in [5, 5.41) is 10.7. The minimum absolute atomic E-state index is 0.00170. The first-order valence-electron chi connectivity index (χ1n) is 40.6. The highest BCUT2D eigenvalue weighted by molar-refractivity contribution is 7.47. The van der Waals surface area contributed by atoms with Crippen LogP contribution >= 0.6 is 15.6 Å². The molecule has 0 aliphatic carbocycles. The van der Waals surface area contributed by atoms with Gasteiger partial charge in [0.25, 0.3) is 0 Å². The normalized spacial score (nSPS) is 15.2. The number of ether oxygens (including phenoxy) is 4. The lowest BCUT2D eigenvalue weighted by Crippen LogP contribution is -2.30. The summed E-state index contributed by atoms with van der Waals surface area (Å²) in [6, 6.07) is 0. The number of aliphatic hydroxyl groups excluding tert-OH is 1. The van der Waals surface area contributed by atoms with Gasteiger partial charge < -0.3 is 33.8 Å². The van der Waals surface area contributed by atoms with E-state index >= 15 is 0 Å². The van der Waals surface area contributed by atoms with E-state index in [0.717, 1.165) is 141 Å². The number of unbranched alkanes of at least 4 members (excludes halogenated alkanes) is 3. The van der Waals surface area contributed by atoms with Gasteiger partial charge in [-0.1, -0.05) is 301 Å². The van der Waals surface area contributed by atoms with E-state index in [9.17, 15) is 43.2 Å². The summed E-state index contributed by atoms with van der Waals surface area (Å²) >= 11 is 0. The average Bonchev–Trinajstić information content (AvgIpc) is 0.898. The van der Waals surface area contributed by atoms with E-state index < -0.39 is 97.5 Å². The second kappa shape index (κ2) is 81.4. The Morgan fingerprint density at radius 1 is 0.259 bits per heavy atom. The molecule has 112 heavy (non-hydrogen) atoms. The third-order valence-electron chi connectivity index (χ3n) is 15.2. The Morgan fingerprint density at radius 3 is 0.768 bits per heavy atom. The van der Waals surface area contributed by atoms with Crippen molar-refractivity contribution >= 4 is 39.5 Å². The number of aliphatic hydroxyl groups is 1. The Balaban J connectivity index is 5.65. The number of rotatable bonds is 72. The summed E-state index contributed by atoms with van der Waals surface area (Å²) in [5.74, 6) is -2.60. The molecule has 0 aromatic carbocycles. The van der Waals surface area contributed by atoms with Gasteiger partial charge in [0.05, 0.1) is 32.8 Å². The molecule has 0 aromatic rings. The zero-order valence-electron chi connectivity index (χ0n) is 68.0. The number of esters is 4. The molecule has 0 radical (unpaired) electrons. The van der Waals surface area contributed by atoms with Crippen molar-refractivity contribution in [3.8, 4) is 0 Å². The molecule has 0 amide bonds. The number of hydrogen-bond donors (Lipinski definition) is 3. The number of allylic oxidation sites excluding steroid dienone is 43. The minimum Gasteiger partial charge on any atom is -0.462 e. The Morgan fingerprint density at radius 2 is 0.491 bits per heavy atom. The zero-order chi connectivity index (χ0) is 81.7. The molecule has 0 rings (SSSR count). The highest BCUT2D eigenvalue weighted by Crippen LogP contribution is 2.45.